The molecule has 1 fully saturated rings. The van der Waals surface area contributed by atoms with Crippen molar-refractivity contribution in [3.05, 3.63) is 83.4 Å². The van der Waals surface area contributed by atoms with E-state index in [4.69, 9.17) is 14.7 Å². The van der Waals surface area contributed by atoms with Crippen molar-refractivity contribution in [2.24, 2.45) is 0 Å². The zero-order valence-corrected chi connectivity index (χ0v) is 21.7. The first-order valence-electron chi connectivity index (χ1n) is 12.6. The fraction of sp³-hybridized carbons (Fsp3) is 0.400. The Morgan fingerprint density at radius 2 is 1.69 bits per heavy atom. The van der Waals surface area contributed by atoms with Crippen LogP contribution in [0.15, 0.2) is 66.7 Å². The van der Waals surface area contributed by atoms with Gasteiger partial charge in [-0.1, -0.05) is 61.0 Å². The van der Waals surface area contributed by atoms with E-state index in [1.165, 1.54) is 41.2 Å². The highest BCUT2D eigenvalue weighted by Gasteiger charge is 2.25. The molecule has 1 saturated carbocycles. The first kappa shape index (κ1) is 27.4. The van der Waals surface area contributed by atoms with E-state index >= 15 is 0 Å². The molecule has 0 aromatic heterocycles. The van der Waals surface area contributed by atoms with Crippen LogP contribution in [0.1, 0.15) is 86.8 Å². The smallest absolute Gasteiger partial charge is 0.290 e. The molecule has 6 heteroatoms. The number of carbonyl (C=O) groups excluding carboxylic acids is 1. The Balaban J connectivity index is 0.00000115. The first-order chi connectivity index (χ1) is 17.2. The highest BCUT2D eigenvalue weighted by atomic mass is 16.7. The maximum absolute atomic E-state index is 12.3. The molecule has 192 valence electrons. The van der Waals surface area contributed by atoms with Crippen LogP contribution in [-0.2, 0) is 9.63 Å². The molecule has 0 radical (unpaired) electrons. The summed E-state index contributed by atoms with van der Waals surface area (Å²) in [6, 6.07) is 24.0. The molecule has 3 atom stereocenters. The summed E-state index contributed by atoms with van der Waals surface area (Å²) < 4.78 is 0. The molecule has 3 N–H and O–H groups in total. The lowest BCUT2D eigenvalue weighted by Crippen LogP contribution is -2.35. The van der Waals surface area contributed by atoms with Crippen LogP contribution in [-0.4, -0.2) is 29.1 Å². The van der Waals surface area contributed by atoms with E-state index in [2.05, 4.69) is 72.3 Å². The minimum Gasteiger partial charge on any atom is -0.483 e. The molecule has 0 spiro atoms. The van der Waals surface area contributed by atoms with Crippen LogP contribution in [0.2, 0.25) is 0 Å². The third kappa shape index (κ3) is 7.64. The Morgan fingerprint density at radius 1 is 1.03 bits per heavy atom. The van der Waals surface area contributed by atoms with Crippen molar-refractivity contribution in [2.45, 2.75) is 77.0 Å². The number of nitrogens with one attached hydrogen (secondary N) is 2. The van der Waals surface area contributed by atoms with E-state index in [1.54, 1.807) is 0 Å². The van der Waals surface area contributed by atoms with E-state index < -0.39 is 5.60 Å². The summed E-state index contributed by atoms with van der Waals surface area (Å²) in [5, 5.41) is 13.4. The van der Waals surface area contributed by atoms with Gasteiger partial charge in [0.1, 0.15) is 0 Å². The molecule has 6 nitrogen and oxygen atoms in total. The van der Waals surface area contributed by atoms with Crippen molar-refractivity contribution in [3.8, 4) is 0 Å². The maximum Gasteiger partial charge on any atom is 0.290 e. The number of amides is 1. The number of fused-ring (bicyclic) bond motifs is 1. The third-order valence-corrected chi connectivity index (χ3v) is 6.54. The summed E-state index contributed by atoms with van der Waals surface area (Å²) in [5.74, 6) is 0.308. The van der Waals surface area contributed by atoms with Crippen molar-refractivity contribution < 1.29 is 19.5 Å². The van der Waals surface area contributed by atoms with Crippen LogP contribution in [0.25, 0.3) is 10.8 Å². The molecule has 1 aliphatic rings. The predicted octanol–water partition coefficient (Wildman–Crippen LogP) is 6.38. The van der Waals surface area contributed by atoms with Crippen LogP contribution in [0, 0.1) is 0 Å². The SMILES string of the molecule is C[C@@H](NC1CCCC(c2ccc(C(=O)NOC(C)(C)C)cc2)C1)c1cccc2ccccc12.O=CO. The molecule has 0 heterocycles. The number of hydroxylamine groups is 1. The van der Waals surface area contributed by atoms with Gasteiger partial charge in [-0.3, -0.25) is 14.4 Å². The topological polar surface area (TPSA) is 87.7 Å². The monoisotopic (exact) mass is 490 g/mol. The molecule has 4 rings (SSSR count). The fourth-order valence-electron chi connectivity index (χ4n) is 4.88. The van der Waals surface area contributed by atoms with Gasteiger partial charge in [0, 0.05) is 17.6 Å². The van der Waals surface area contributed by atoms with Gasteiger partial charge >= 0.3 is 0 Å². The molecule has 0 saturated heterocycles. The molecule has 36 heavy (non-hydrogen) atoms. The van der Waals surface area contributed by atoms with Gasteiger partial charge in [-0.15, -0.1) is 0 Å². The van der Waals surface area contributed by atoms with Crippen molar-refractivity contribution in [3.63, 3.8) is 0 Å². The summed E-state index contributed by atoms with van der Waals surface area (Å²) in [5.41, 5.74) is 5.43. The van der Waals surface area contributed by atoms with E-state index in [-0.39, 0.29) is 12.4 Å². The second-order valence-electron chi connectivity index (χ2n) is 10.4. The molecule has 3 aromatic rings. The number of carbonyl (C=O) groups is 2. The lowest BCUT2D eigenvalue weighted by Gasteiger charge is -2.32. The van der Waals surface area contributed by atoms with Gasteiger partial charge in [0.2, 0.25) is 0 Å². The molecule has 1 aliphatic carbocycles. The standard InChI is InChI=1S/C29H36N2O2.CH2O2/c1-20(26-14-8-10-22-9-5-6-13-27(22)26)30-25-12-7-11-24(19-25)21-15-17-23(18-16-21)28(32)31-33-29(2,3)4;2-1-3/h5-6,8-10,13-18,20,24-25,30H,7,11-12,19H2,1-4H3,(H,31,32);1H,(H,2,3)/t20-,24?,25?;/m1./s1. The van der Waals surface area contributed by atoms with Crippen molar-refractivity contribution >= 4 is 23.2 Å². The minimum atomic E-state index is -0.414. The highest BCUT2D eigenvalue weighted by Crippen LogP contribution is 2.34. The second kappa shape index (κ2) is 12.7. The molecular formula is C30H38N2O4. The Kier molecular flexibility index (Phi) is 9.62. The number of rotatable bonds is 6. The molecule has 3 aromatic carbocycles. The highest BCUT2D eigenvalue weighted by molar-refractivity contribution is 5.93. The van der Waals surface area contributed by atoms with Crippen LogP contribution in [0.3, 0.4) is 0 Å². The normalized spacial score (nSPS) is 18.6. The van der Waals surface area contributed by atoms with Gasteiger partial charge in [-0.05, 0) is 86.9 Å². The summed E-state index contributed by atoms with van der Waals surface area (Å²) in [6.07, 6.45) is 4.73. The maximum atomic E-state index is 12.3. The summed E-state index contributed by atoms with van der Waals surface area (Å²) >= 11 is 0. The van der Waals surface area contributed by atoms with E-state index in [0.717, 1.165) is 6.42 Å². The lowest BCUT2D eigenvalue weighted by atomic mass is 9.80. The van der Waals surface area contributed by atoms with Crippen LogP contribution >= 0.6 is 0 Å². The van der Waals surface area contributed by atoms with Gasteiger partial charge in [-0.25, -0.2) is 5.48 Å². The summed E-state index contributed by atoms with van der Waals surface area (Å²) in [4.78, 5) is 26.1. The van der Waals surface area contributed by atoms with E-state index in [1.807, 2.05) is 32.9 Å². The van der Waals surface area contributed by atoms with Crippen molar-refractivity contribution in [2.75, 3.05) is 0 Å². The minimum absolute atomic E-state index is 0.205. The molecule has 2 unspecified atom stereocenters. The molecule has 1 amide bonds. The quantitative estimate of drug-likeness (QED) is 0.276. The first-order valence-corrected chi connectivity index (χ1v) is 12.6. The van der Waals surface area contributed by atoms with Gasteiger partial charge in [0.15, 0.2) is 0 Å². The average molecular weight is 491 g/mol. The van der Waals surface area contributed by atoms with Gasteiger partial charge < -0.3 is 10.4 Å². The number of benzene rings is 3. The number of hydrogen-bond acceptors (Lipinski definition) is 4. The molecular weight excluding hydrogens is 452 g/mol. The Labute approximate surface area is 214 Å². The van der Waals surface area contributed by atoms with Crippen LogP contribution in [0.4, 0.5) is 0 Å². The number of hydrogen-bond donors (Lipinski definition) is 3. The zero-order chi connectivity index (χ0) is 26.1. The van der Waals surface area contributed by atoms with Gasteiger partial charge in [0.05, 0.1) is 5.60 Å². The summed E-state index contributed by atoms with van der Waals surface area (Å²) in [7, 11) is 0. The average Bonchev–Trinajstić information content (AvgIpc) is 2.87. The predicted molar refractivity (Wildman–Crippen MR) is 144 cm³/mol. The van der Waals surface area contributed by atoms with Gasteiger partial charge in [0.25, 0.3) is 12.4 Å². The zero-order valence-electron chi connectivity index (χ0n) is 21.7. The van der Waals surface area contributed by atoms with Crippen molar-refractivity contribution in [1.29, 1.82) is 0 Å². The van der Waals surface area contributed by atoms with Crippen LogP contribution in [0.5, 0.6) is 0 Å². The molecule has 0 bridgehead atoms. The Hall–Kier alpha value is -3.22. The van der Waals surface area contributed by atoms with Crippen LogP contribution < -0.4 is 10.8 Å². The second-order valence-corrected chi connectivity index (χ2v) is 10.4. The lowest BCUT2D eigenvalue weighted by molar-refractivity contribution is -0.122. The molecule has 0 aliphatic heterocycles. The van der Waals surface area contributed by atoms with E-state index in [9.17, 15) is 4.79 Å². The van der Waals surface area contributed by atoms with E-state index in [0.29, 0.717) is 23.6 Å². The van der Waals surface area contributed by atoms with Gasteiger partial charge in [-0.2, -0.15) is 0 Å². The Morgan fingerprint density at radius 3 is 2.39 bits per heavy atom. The third-order valence-electron chi connectivity index (χ3n) is 6.54. The fourth-order valence-corrected chi connectivity index (χ4v) is 4.88. The number of carboxylic acid groups (broad SMARTS) is 1. The van der Waals surface area contributed by atoms with Crippen molar-refractivity contribution in [1.82, 2.24) is 10.8 Å². The summed E-state index contributed by atoms with van der Waals surface area (Å²) in [6.45, 7) is 7.75. The largest absolute Gasteiger partial charge is 0.483 e. The Bertz CT molecular complexity index is 1130.